The van der Waals surface area contributed by atoms with E-state index in [2.05, 4.69) is 9.97 Å². The fourth-order valence-corrected chi connectivity index (χ4v) is 0.351. The van der Waals surface area contributed by atoms with E-state index in [1.165, 1.54) is 0 Å². The number of H-pyrrole nitrogens is 1. The van der Waals surface area contributed by atoms with E-state index in [0.29, 0.717) is 0 Å². The maximum atomic E-state index is 4.96. The van der Waals surface area contributed by atoms with Crippen molar-refractivity contribution in [3.05, 3.63) is 18.7 Å². The first-order valence-corrected chi connectivity index (χ1v) is 3.21. The van der Waals surface area contributed by atoms with E-state index >= 15 is 0 Å². The molecule has 56 valence electrons. The van der Waals surface area contributed by atoms with E-state index in [0.717, 1.165) is 6.32 Å². The maximum Gasteiger partial charge on any atom is 0.0919 e. The Kier molecular flexibility index (Phi) is 14.4. The van der Waals surface area contributed by atoms with E-state index in [-0.39, 0.29) is 7.43 Å². The highest BCUT2D eigenvalue weighted by Gasteiger charge is 1.73. The van der Waals surface area contributed by atoms with E-state index in [9.17, 15) is 0 Å². The lowest BCUT2D eigenvalue weighted by molar-refractivity contribution is 1.31. The number of aromatic nitrogens is 2. The SMILES string of the molecule is C.[B][B][B]CC.c1c[nH]cn1. The minimum Gasteiger partial charge on any atom is -0.351 e. The van der Waals surface area contributed by atoms with Crippen LogP contribution in [0.1, 0.15) is 14.4 Å². The van der Waals surface area contributed by atoms with Crippen molar-refractivity contribution < 1.29 is 0 Å². The van der Waals surface area contributed by atoms with Crippen LogP contribution < -0.4 is 0 Å². The lowest BCUT2D eigenvalue weighted by Gasteiger charge is -1.74. The molecule has 0 aliphatic rings. The summed E-state index contributed by atoms with van der Waals surface area (Å²) in [6.45, 7) is 2.04. The quantitative estimate of drug-likeness (QED) is 0.615. The Bertz CT molecular complexity index is 102. The van der Waals surface area contributed by atoms with Gasteiger partial charge in [0.2, 0.25) is 0 Å². The summed E-state index contributed by atoms with van der Waals surface area (Å²) in [7, 11) is 8.42. The number of nitrogens with one attached hydrogen (secondary N) is 1. The molecule has 0 bridgehead atoms. The molecule has 0 fully saturated rings. The molecule has 0 unspecified atom stereocenters. The molecule has 1 heterocycles. The molecule has 0 amide bonds. The third-order valence-corrected chi connectivity index (χ3v) is 0.778. The number of imidazole rings is 1. The highest BCUT2D eigenvalue weighted by atomic mass is 14.8. The number of aromatic amines is 1. The average Bonchev–Trinajstić information content (AvgIpc) is 2.44. The molecule has 0 aliphatic carbocycles. The predicted molar refractivity (Wildman–Crippen MR) is 53.1 cm³/mol. The van der Waals surface area contributed by atoms with Crippen molar-refractivity contribution in [3.8, 4) is 0 Å². The molecule has 0 aromatic carbocycles. The van der Waals surface area contributed by atoms with Crippen molar-refractivity contribution in [1.29, 1.82) is 0 Å². The summed E-state index contributed by atoms with van der Waals surface area (Å²) in [4.78, 5) is 6.42. The van der Waals surface area contributed by atoms with Gasteiger partial charge in [-0.15, -0.1) is 0 Å². The molecule has 11 heavy (non-hydrogen) atoms. The first kappa shape index (κ1) is 13.0. The first-order chi connectivity index (χ1) is 4.91. The molecule has 0 spiro atoms. The summed E-state index contributed by atoms with van der Waals surface area (Å²) in [5.74, 6) is 0. The van der Waals surface area contributed by atoms with Crippen LogP contribution in [-0.4, -0.2) is 31.9 Å². The molecule has 5 heteroatoms. The fraction of sp³-hybridized carbons (Fsp3) is 0.500. The van der Waals surface area contributed by atoms with Crippen molar-refractivity contribution in [2.75, 3.05) is 0 Å². The number of rotatable bonds is 2. The van der Waals surface area contributed by atoms with Gasteiger partial charge in [0.1, 0.15) is 0 Å². The van der Waals surface area contributed by atoms with E-state index in [1.54, 1.807) is 25.8 Å². The summed E-state index contributed by atoms with van der Waals surface area (Å²) < 4.78 is 0. The van der Waals surface area contributed by atoms with Crippen molar-refractivity contribution >= 4 is 22.0 Å². The summed E-state index contributed by atoms with van der Waals surface area (Å²) in [5, 5.41) is 0. The molecular formula is C6H13B3N2. The smallest absolute Gasteiger partial charge is 0.0919 e. The van der Waals surface area contributed by atoms with Gasteiger partial charge in [-0.2, -0.15) is 0 Å². The van der Waals surface area contributed by atoms with Gasteiger partial charge >= 0.3 is 0 Å². The van der Waals surface area contributed by atoms with Gasteiger partial charge in [0, 0.05) is 27.2 Å². The Hall–Kier alpha value is -0.595. The topological polar surface area (TPSA) is 28.7 Å². The van der Waals surface area contributed by atoms with Crippen LogP contribution in [0.25, 0.3) is 0 Å². The molecule has 0 aliphatic heterocycles. The molecule has 1 aromatic heterocycles. The zero-order valence-electron chi connectivity index (χ0n) is 6.12. The number of hydrogen-bond acceptors (Lipinski definition) is 1. The van der Waals surface area contributed by atoms with E-state index in [4.69, 9.17) is 7.74 Å². The van der Waals surface area contributed by atoms with Crippen LogP contribution in [0, 0.1) is 0 Å². The summed E-state index contributed by atoms with van der Waals surface area (Å²) in [5.41, 5.74) is 0. The molecule has 1 rings (SSSR count). The van der Waals surface area contributed by atoms with Crippen LogP contribution in [0.3, 0.4) is 0 Å². The number of hydrogen-bond donors (Lipinski definition) is 1. The van der Waals surface area contributed by atoms with Gasteiger partial charge in [-0.1, -0.05) is 20.7 Å². The van der Waals surface area contributed by atoms with Crippen LogP contribution in [0.15, 0.2) is 18.7 Å². The molecular weight excluding hydrogens is 133 g/mol. The second-order valence-electron chi connectivity index (χ2n) is 1.60. The highest BCUT2D eigenvalue weighted by Crippen LogP contribution is 1.63. The minimum atomic E-state index is 0. The van der Waals surface area contributed by atoms with Gasteiger partial charge in [0.05, 0.1) is 13.5 Å². The van der Waals surface area contributed by atoms with Crippen LogP contribution in [0.5, 0.6) is 0 Å². The van der Waals surface area contributed by atoms with Gasteiger partial charge in [0.25, 0.3) is 0 Å². The second kappa shape index (κ2) is 12.1. The van der Waals surface area contributed by atoms with Crippen molar-refractivity contribution in [3.63, 3.8) is 0 Å². The predicted octanol–water partition coefficient (Wildman–Crippen LogP) is 0.877. The van der Waals surface area contributed by atoms with Gasteiger partial charge < -0.3 is 4.98 Å². The molecule has 0 saturated heterocycles. The Labute approximate surface area is 72.1 Å². The van der Waals surface area contributed by atoms with Gasteiger partial charge in [-0.3, -0.25) is 0 Å². The third kappa shape index (κ3) is 12.6. The second-order valence-corrected chi connectivity index (χ2v) is 1.60. The van der Waals surface area contributed by atoms with Gasteiger partial charge in [-0.05, 0) is 0 Å². The van der Waals surface area contributed by atoms with Crippen LogP contribution in [0.4, 0.5) is 0 Å². The molecule has 4 radical (unpaired) electrons. The summed E-state index contributed by atoms with van der Waals surface area (Å²) in [6, 6.07) is 0. The Morgan fingerprint density at radius 3 is 2.45 bits per heavy atom. The summed E-state index contributed by atoms with van der Waals surface area (Å²) in [6.07, 6.45) is 6.12. The van der Waals surface area contributed by atoms with Crippen molar-refractivity contribution in [1.82, 2.24) is 9.97 Å². The normalized spacial score (nSPS) is 6.64. The molecule has 1 aromatic rings. The fourth-order valence-electron chi connectivity index (χ4n) is 0.351. The maximum absolute atomic E-state index is 4.96. The average molecular weight is 146 g/mol. The largest absolute Gasteiger partial charge is 0.351 e. The Morgan fingerprint density at radius 2 is 2.36 bits per heavy atom. The van der Waals surface area contributed by atoms with E-state index < -0.39 is 0 Å². The van der Waals surface area contributed by atoms with Crippen LogP contribution in [-0.2, 0) is 0 Å². The number of nitrogens with zero attached hydrogens (tertiary/aromatic N) is 1. The highest BCUT2D eigenvalue weighted by molar-refractivity contribution is 7.23. The zero-order valence-corrected chi connectivity index (χ0v) is 6.12. The van der Waals surface area contributed by atoms with Gasteiger partial charge in [-0.25, -0.2) is 4.98 Å². The van der Waals surface area contributed by atoms with Crippen LogP contribution >= 0.6 is 0 Å². The lowest BCUT2D eigenvalue weighted by Crippen LogP contribution is -1.98. The third-order valence-electron chi connectivity index (χ3n) is 0.778. The van der Waals surface area contributed by atoms with Crippen molar-refractivity contribution in [2.24, 2.45) is 0 Å². The van der Waals surface area contributed by atoms with Crippen molar-refractivity contribution in [2.45, 2.75) is 20.7 Å². The first-order valence-electron chi connectivity index (χ1n) is 3.21. The standard InChI is InChI=1S/C3H4N2.C2H5B3.CH4/c1-2-5-3-4-1;1-2-4-5-3;/h1-3H,(H,4,5);2H2,1H3;1H4. The van der Waals surface area contributed by atoms with Crippen LogP contribution in [0.2, 0.25) is 6.32 Å². The molecule has 1 N–H and O–H groups in total. The summed E-state index contributed by atoms with van der Waals surface area (Å²) >= 11 is 0. The molecule has 2 nitrogen and oxygen atoms in total. The molecule has 0 atom stereocenters. The Balaban J connectivity index is 0. The monoisotopic (exact) mass is 146 g/mol. The Morgan fingerprint density at radius 1 is 1.64 bits per heavy atom. The van der Waals surface area contributed by atoms with E-state index in [1.807, 2.05) is 14.1 Å². The molecule has 0 saturated carbocycles. The zero-order chi connectivity index (χ0) is 7.66. The lowest BCUT2D eigenvalue weighted by atomic mass is 9.27. The minimum absolute atomic E-state index is 0. The van der Waals surface area contributed by atoms with Gasteiger partial charge in [0.15, 0.2) is 0 Å².